The van der Waals surface area contributed by atoms with E-state index in [-0.39, 0.29) is 6.61 Å². The number of aliphatic hydroxyl groups is 3. The minimum Gasteiger partial charge on any atom is -0.464 e. The van der Waals surface area contributed by atoms with Gasteiger partial charge in [0.05, 0.1) is 25.5 Å². The fourth-order valence-electron chi connectivity index (χ4n) is 2.12. The molecule has 2 rings (SSSR count). The highest BCUT2D eigenvalue weighted by Crippen LogP contribution is 2.28. The molecule has 5 nitrogen and oxygen atoms in total. The van der Waals surface area contributed by atoms with Gasteiger partial charge in [0.2, 0.25) is 0 Å². The summed E-state index contributed by atoms with van der Waals surface area (Å²) in [6.07, 6.45) is 1.56. The van der Waals surface area contributed by atoms with E-state index in [9.17, 15) is 15.3 Å². The quantitative estimate of drug-likeness (QED) is 0.609. The maximum Gasteiger partial charge on any atom is 0.133 e. The largest absolute Gasteiger partial charge is 0.464 e. The molecule has 0 aliphatic heterocycles. The Morgan fingerprint density at radius 2 is 2.11 bits per heavy atom. The summed E-state index contributed by atoms with van der Waals surface area (Å²) in [6, 6.07) is 6.29. The summed E-state index contributed by atoms with van der Waals surface area (Å²) in [5, 5.41) is 32.9. The maximum absolute atomic E-state index is 10.5. The summed E-state index contributed by atoms with van der Waals surface area (Å²) in [4.78, 5) is 0. The van der Waals surface area contributed by atoms with E-state index < -0.39 is 18.2 Å². The van der Waals surface area contributed by atoms with Gasteiger partial charge in [0, 0.05) is 5.39 Å². The number of hydrogen-bond acceptors (Lipinski definition) is 5. The van der Waals surface area contributed by atoms with E-state index in [2.05, 4.69) is 5.32 Å². The predicted molar refractivity (Wildman–Crippen MR) is 67.1 cm³/mol. The lowest BCUT2D eigenvalue weighted by Gasteiger charge is -2.33. The summed E-state index contributed by atoms with van der Waals surface area (Å²) in [5.74, 6) is 0. The van der Waals surface area contributed by atoms with Crippen molar-refractivity contribution in [3.8, 4) is 0 Å². The SMILES string of the molecule is CNC(CO)C(O)(CO)c1ccc2occc2c1. The molecule has 0 saturated carbocycles. The third-order valence-electron chi connectivity index (χ3n) is 3.30. The molecule has 0 fully saturated rings. The molecule has 2 unspecified atom stereocenters. The van der Waals surface area contributed by atoms with Crippen LogP contribution >= 0.6 is 0 Å². The van der Waals surface area contributed by atoms with E-state index in [1.165, 1.54) is 0 Å². The average molecular weight is 251 g/mol. The highest BCUT2D eigenvalue weighted by molar-refractivity contribution is 5.78. The number of rotatable bonds is 5. The molecule has 0 spiro atoms. The van der Waals surface area contributed by atoms with Gasteiger partial charge in [0.1, 0.15) is 11.2 Å². The Morgan fingerprint density at radius 1 is 1.33 bits per heavy atom. The van der Waals surface area contributed by atoms with Crippen LogP contribution in [0.2, 0.25) is 0 Å². The fraction of sp³-hybridized carbons (Fsp3) is 0.385. The van der Waals surface area contributed by atoms with Crippen LogP contribution < -0.4 is 5.32 Å². The van der Waals surface area contributed by atoms with Gasteiger partial charge in [0.25, 0.3) is 0 Å². The second-order valence-corrected chi connectivity index (χ2v) is 4.28. The number of aliphatic hydroxyl groups excluding tert-OH is 2. The van der Waals surface area contributed by atoms with Crippen LogP contribution in [0.4, 0.5) is 0 Å². The van der Waals surface area contributed by atoms with Gasteiger partial charge in [-0.1, -0.05) is 6.07 Å². The van der Waals surface area contributed by atoms with Crippen molar-refractivity contribution in [2.45, 2.75) is 11.6 Å². The van der Waals surface area contributed by atoms with E-state index in [4.69, 9.17) is 4.42 Å². The Labute approximate surface area is 105 Å². The Kier molecular flexibility index (Phi) is 3.68. The second-order valence-electron chi connectivity index (χ2n) is 4.28. The third-order valence-corrected chi connectivity index (χ3v) is 3.30. The number of hydrogen-bond donors (Lipinski definition) is 4. The van der Waals surface area contributed by atoms with E-state index in [0.29, 0.717) is 11.1 Å². The highest BCUT2D eigenvalue weighted by Gasteiger charge is 2.37. The van der Waals surface area contributed by atoms with Gasteiger partial charge < -0.3 is 25.1 Å². The van der Waals surface area contributed by atoms with Crippen LogP contribution in [0, 0.1) is 0 Å². The molecule has 18 heavy (non-hydrogen) atoms. The number of benzene rings is 1. The van der Waals surface area contributed by atoms with Gasteiger partial charge in [-0.25, -0.2) is 0 Å². The zero-order chi connectivity index (χ0) is 13.2. The molecule has 0 aliphatic rings. The van der Waals surface area contributed by atoms with Gasteiger partial charge in [-0.05, 0) is 30.8 Å². The Hall–Kier alpha value is -1.40. The van der Waals surface area contributed by atoms with Crippen LogP contribution in [0.3, 0.4) is 0 Å². The number of nitrogens with one attached hydrogen (secondary N) is 1. The predicted octanol–water partition coefficient (Wildman–Crippen LogP) is 0.193. The minimum absolute atomic E-state index is 0.281. The van der Waals surface area contributed by atoms with Gasteiger partial charge in [-0.3, -0.25) is 0 Å². The fourth-order valence-corrected chi connectivity index (χ4v) is 2.12. The molecule has 0 saturated heterocycles. The molecule has 0 radical (unpaired) electrons. The average Bonchev–Trinajstić information content (AvgIpc) is 2.86. The summed E-state index contributed by atoms with van der Waals surface area (Å²) in [7, 11) is 1.62. The summed E-state index contributed by atoms with van der Waals surface area (Å²) >= 11 is 0. The summed E-state index contributed by atoms with van der Waals surface area (Å²) in [6.45, 7) is -0.764. The first-order chi connectivity index (χ1) is 8.65. The zero-order valence-corrected chi connectivity index (χ0v) is 10.1. The standard InChI is InChI=1S/C13H17NO4/c1-14-12(7-15)13(17,8-16)10-2-3-11-9(6-10)4-5-18-11/h2-6,12,14-17H,7-8H2,1H3. The topological polar surface area (TPSA) is 85.9 Å². The Morgan fingerprint density at radius 3 is 2.72 bits per heavy atom. The number of fused-ring (bicyclic) bond motifs is 1. The van der Waals surface area contributed by atoms with Crippen molar-refractivity contribution in [3.05, 3.63) is 36.1 Å². The molecule has 98 valence electrons. The maximum atomic E-state index is 10.5. The van der Waals surface area contributed by atoms with E-state index in [1.807, 2.05) is 0 Å². The molecule has 0 aliphatic carbocycles. The highest BCUT2D eigenvalue weighted by atomic mass is 16.3. The molecule has 1 heterocycles. The minimum atomic E-state index is -1.53. The van der Waals surface area contributed by atoms with Crippen molar-refractivity contribution in [2.24, 2.45) is 0 Å². The lowest BCUT2D eigenvalue weighted by atomic mass is 9.87. The molecular weight excluding hydrogens is 234 g/mol. The summed E-state index contributed by atoms with van der Waals surface area (Å²) < 4.78 is 5.22. The van der Waals surface area contributed by atoms with Crippen LogP contribution in [-0.4, -0.2) is 41.6 Å². The van der Waals surface area contributed by atoms with Crippen molar-refractivity contribution in [1.29, 1.82) is 0 Å². The molecule has 2 atom stereocenters. The third kappa shape index (κ3) is 2.02. The number of likely N-dealkylation sites (N-methyl/N-ethyl adjacent to an activating group) is 1. The zero-order valence-electron chi connectivity index (χ0n) is 10.1. The van der Waals surface area contributed by atoms with Crippen LogP contribution in [0.1, 0.15) is 5.56 Å². The molecule has 1 aromatic heterocycles. The lowest BCUT2D eigenvalue weighted by molar-refractivity contribution is -0.0611. The molecule has 0 bridgehead atoms. The van der Waals surface area contributed by atoms with Crippen LogP contribution in [0.5, 0.6) is 0 Å². The first kappa shape index (κ1) is 13.0. The van der Waals surface area contributed by atoms with Crippen LogP contribution in [0.15, 0.2) is 34.9 Å². The van der Waals surface area contributed by atoms with E-state index in [1.54, 1.807) is 37.6 Å². The van der Waals surface area contributed by atoms with Gasteiger partial charge in [-0.2, -0.15) is 0 Å². The van der Waals surface area contributed by atoms with E-state index in [0.717, 1.165) is 5.39 Å². The first-order valence-corrected chi connectivity index (χ1v) is 5.75. The van der Waals surface area contributed by atoms with Crippen molar-refractivity contribution in [1.82, 2.24) is 5.32 Å². The van der Waals surface area contributed by atoms with Crippen LogP contribution in [0.25, 0.3) is 11.0 Å². The molecule has 1 aromatic carbocycles. The Balaban J connectivity index is 2.47. The molecule has 4 N–H and O–H groups in total. The van der Waals surface area contributed by atoms with Crippen molar-refractivity contribution in [2.75, 3.05) is 20.3 Å². The summed E-state index contributed by atoms with van der Waals surface area (Å²) in [5.41, 5.74) is -0.286. The first-order valence-electron chi connectivity index (χ1n) is 5.75. The second kappa shape index (κ2) is 5.07. The van der Waals surface area contributed by atoms with Gasteiger partial charge in [-0.15, -0.1) is 0 Å². The normalized spacial score (nSPS) is 16.7. The van der Waals surface area contributed by atoms with Gasteiger partial charge >= 0.3 is 0 Å². The lowest BCUT2D eigenvalue weighted by Crippen LogP contribution is -2.52. The Bertz CT molecular complexity index is 520. The van der Waals surface area contributed by atoms with E-state index >= 15 is 0 Å². The van der Waals surface area contributed by atoms with Crippen molar-refractivity contribution in [3.63, 3.8) is 0 Å². The van der Waals surface area contributed by atoms with Crippen molar-refractivity contribution >= 4 is 11.0 Å². The van der Waals surface area contributed by atoms with Crippen LogP contribution in [-0.2, 0) is 5.60 Å². The monoisotopic (exact) mass is 251 g/mol. The molecule has 0 amide bonds. The molecule has 2 aromatic rings. The van der Waals surface area contributed by atoms with Crippen molar-refractivity contribution < 1.29 is 19.7 Å². The number of furan rings is 1. The smallest absolute Gasteiger partial charge is 0.133 e. The van der Waals surface area contributed by atoms with Gasteiger partial charge in [0.15, 0.2) is 0 Å². The molecule has 5 heteroatoms. The molecular formula is C13H17NO4.